The summed E-state index contributed by atoms with van der Waals surface area (Å²) in [6, 6.07) is 8.80. The molecule has 1 aliphatic rings. The number of fused-ring (bicyclic) bond motifs is 1. The van der Waals surface area contributed by atoms with E-state index in [4.69, 9.17) is 9.47 Å². The lowest BCUT2D eigenvalue weighted by atomic mass is 10.1. The van der Waals surface area contributed by atoms with Crippen molar-refractivity contribution < 1.29 is 24.0 Å². The van der Waals surface area contributed by atoms with Gasteiger partial charge in [-0.2, -0.15) is 0 Å². The molecule has 0 saturated carbocycles. The molecule has 1 N–H and O–H groups in total. The first-order valence-electron chi connectivity index (χ1n) is 7.58. The Morgan fingerprint density at radius 3 is 2.77 bits per heavy atom. The lowest BCUT2D eigenvalue weighted by Crippen LogP contribution is -2.35. The van der Waals surface area contributed by atoms with Gasteiger partial charge in [-0.05, 0) is 30.3 Å². The predicted octanol–water partition coefficient (Wildman–Crippen LogP) is 2.21. The first kappa shape index (κ1) is 17.2. The van der Waals surface area contributed by atoms with Crippen LogP contribution in [0.15, 0.2) is 36.4 Å². The second kappa shape index (κ2) is 6.71. The third kappa shape index (κ3) is 3.14. The van der Waals surface area contributed by atoms with E-state index in [-0.39, 0.29) is 29.5 Å². The molecule has 0 bridgehead atoms. The molecule has 0 spiro atoms. The van der Waals surface area contributed by atoms with E-state index in [1.54, 1.807) is 25.2 Å². The van der Waals surface area contributed by atoms with Gasteiger partial charge in [0, 0.05) is 24.4 Å². The molecule has 2 amide bonds. The molecule has 0 saturated heterocycles. The van der Waals surface area contributed by atoms with Crippen molar-refractivity contribution in [2.24, 2.45) is 0 Å². The van der Waals surface area contributed by atoms with Crippen LogP contribution in [-0.4, -0.2) is 37.5 Å². The molecule has 1 heterocycles. The van der Waals surface area contributed by atoms with Crippen molar-refractivity contribution in [2.45, 2.75) is 0 Å². The fourth-order valence-electron chi connectivity index (χ4n) is 2.53. The minimum absolute atomic E-state index is 0.0370. The molecule has 0 aromatic heterocycles. The summed E-state index contributed by atoms with van der Waals surface area (Å²) in [6.07, 6.45) is 0. The maximum Gasteiger partial charge on any atom is 0.311 e. The molecule has 2 aromatic rings. The average Bonchev–Trinajstić information content (AvgIpc) is 2.64. The maximum absolute atomic E-state index is 12.4. The van der Waals surface area contributed by atoms with E-state index in [1.165, 1.54) is 24.1 Å². The molecule has 3 rings (SSSR count). The SMILES string of the molecule is COc1ccc(C(=O)Nc2ccc3c(c2)N(C)C(=O)CO3)cc1[N+](=O)[O-]. The quantitative estimate of drug-likeness (QED) is 0.663. The summed E-state index contributed by atoms with van der Waals surface area (Å²) in [6.45, 7) is -0.0370. The second-order valence-electron chi connectivity index (χ2n) is 5.52. The van der Waals surface area contributed by atoms with E-state index in [2.05, 4.69) is 5.32 Å². The third-order valence-corrected chi connectivity index (χ3v) is 3.94. The summed E-state index contributed by atoms with van der Waals surface area (Å²) in [5.41, 5.74) is 0.761. The molecular formula is C17H15N3O6. The van der Waals surface area contributed by atoms with Crippen LogP contribution in [0.4, 0.5) is 17.1 Å². The Kier molecular flexibility index (Phi) is 4.44. The van der Waals surface area contributed by atoms with E-state index < -0.39 is 10.8 Å². The van der Waals surface area contributed by atoms with Crippen LogP contribution >= 0.6 is 0 Å². The van der Waals surface area contributed by atoms with Gasteiger partial charge >= 0.3 is 5.69 Å². The zero-order valence-electron chi connectivity index (χ0n) is 14.0. The van der Waals surface area contributed by atoms with E-state index in [0.717, 1.165) is 6.07 Å². The number of benzene rings is 2. The molecular weight excluding hydrogens is 342 g/mol. The lowest BCUT2D eigenvalue weighted by molar-refractivity contribution is -0.385. The van der Waals surface area contributed by atoms with Crippen molar-refractivity contribution in [1.29, 1.82) is 0 Å². The molecule has 9 heteroatoms. The fourth-order valence-corrected chi connectivity index (χ4v) is 2.53. The Morgan fingerprint density at radius 2 is 2.08 bits per heavy atom. The first-order valence-corrected chi connectivity index (χ1v) is 7.58. The van der Waals surface area contributed by atoms with Crippen LogP contribution in [0.3, 0.4) is 0 Å². The zero-order valence-corrected chi connectivity index (χ0v) is 14.0. The molecule has 2 aromatic carbocycles. The Hall–Kier alpha value is -3.62. The monoisotopic (exact) mass is 357 g/mol. The number of hydrogen-bond acceptors (Lipinski definition) is 6. The van der Waals surface area contributed by atoms with Gasteiger partial charge in [0.05, 0.1) is 17.7 Å². The largest absolute Gasteiger partial charge is 0.490 e. The van der Waals surface area contributed by atoms with Crippen LogP contribution in [0.5, 0.6) is 11.5 Å². The van der Waals surface area contributed by atoms with Crippen molar-refractivity contribution >= 4 is 28.9 Å². The van der Waals surface area contributed by atoms with E-state index in [9.17, 15) is 19.7 Å². The van der Waals surface area contributed by atoms with Gasteiger partial charge in [-0.25, -0.2) is 0 Å². The van der Waals surface area contributed by atoms with Gasteiger partial charge < -0.3 is 19.7 Å². The van der Waals surface area contributed by atoms with Gasteiger partial charge in [0.15, 0.2) is 12.4 Å². The third-order valence-electron chi connectivity index (χ3n) is 3.94. The van der Waals surface area contributed by atoms with Gasteiger partial charge in [0.2, 0.25) is 0 Å². The van der Waals surface area contributed by atoms with Gasteiger partial charge in [-0.1, -0.05) is 0 Å². The second-order valence-corrected chi connectivity index (χ2v) is 5.52. The number of amides is 2. The summed E-state index contributed by atoms with van der Waals surface area (Å²) in [5, 5.41) is 13.7. The number of anilines is 2. The number of hydrogen-bond donors (Lipinski definition) is 1. The molecule has 9 nitrogen and oxygen atoms in total. The molecule has 0 unspecified atom stereocenters. The summed E-state index contributed by atoms with van der Waals surface area (Å²) in [4.78, 5) is 36.0. The Balaban J connectivity index is 1.86. The molecule has 0 fully saturated rings. The standard InChI is InChI=1S/C17H15N3O6/c1-19-12-8-11(4-6-15(12)26-9-16(19)21)18-17(22)10-3-5-14(25-2)13(7-10)20(23)24/h3-8H,9H2,1-2H3,(H,18,22). The Labute approximate surface area is 148 Å². The van der Waals surface area contributed by atoms with Crippen LogP contribution in [0, 0.1) is 10.1 Å². The average molecular weight is 357 g/mol. The van der Waals surface area contributed by atoms with E-state index in [1.807, 2.05) is 0 Å². The number of nitro benzene ring substituents is 1. The van der Waals surface area contributed by atoms with Crippen LogP contribution < -0.4 is 19.7 Å². The number of nitro groups is 1. The summed E-state index contributed by atoms with van der Waals surface area (Å²) < 4.78 is 10.2. The van der Waals surface area contributed by atoms with Crippen molar-refractivity contribution in [3.05, 3.63) is 52.1 Å². The van der Waals surface area contributed by atoms with Crippen LogP contribution in [0.2, 0.25) is 0 Å². The number of likely N-dealkylation sites (N-methyl/N-ethyl adjacent to an activating group) is 1. The van der Waals surface area contributed by atoms with E-state index >= 15 is 0 Å². The molecule has 0 aliphatic carbocycles. The van der Waals surface area contributed by atoms with Gasteiger partial charge in [0.25, 0.3) is 11.8 Å². The van der Waals surface area contributed by atoms with Crippen LogP contribution in [-0.2, 0) is 4.79 Å². The van der Waals surface area contributed by atoms with Crippen molar-refractivity contribution in [3.63, 3.8) is 0 Å². The van der Waals surface area contributed by atoms with E-state index in [0.29, 0.717) is 17.1 Å². The number of nitrogens with one attached hydrogen (secondary N) is 1. The molecule has 0 atom stereocenters. The minimum atomic E-state index is -0.619. The highest BCUT2D eigenvalue weighted by molar-refractivity contribution is 6.06. The Bertz CT molecular complexity index is 911. The number of carbonyl (C=O) groups excluding carboxylic acids is 2. The van der Waals surface area contributed by atoms with Crippen molar-refractivity contribution in [2.75, 3.05) is 31.0 Å². The van der Waals surface area contributed by atoms with Crippen LogP contribution in [0.25, 0.3) is 0 Å². The molecule has 26 heavy (non-hydrogen) atoms. The molecule has 134 valence electrons. The number of methoxy groups -OCH3 is 1. The highest BCUT2D eigenvalue weighted by Gasteiger charge is 2.23. The summed E-state index contributed by atoms with van der Waals surface area (Å²) >= 11 is 0. The van der Waals surface area contributed by atoms with Gasteiger partial charge in [-0.15, -0.1) is 0 Å². The topological polar surface area (TPSA) is 111 Å². The summed E-state index contributed by atoms with van der Waals surface area (Å²) in [5.74, 6) is -0.129. The summed E-state index contributed by atoms with van der Waals surface area (Å²) in [7, 11) is 2.93. The highest BCUT2D eigenvalue weighted by Crippen LogP contribution is 2.34. The van der Waals surface area contributed by atoms with Crippen molar-refractivity contribution in [3.8, 4) is 11.5 Å². The minimum Gasteiger partial charge on any atom is -0.490 e. The number of ether oxygens (including phenoxy) is 2. The molecule has 0 radical (unpaired) electrons. The lowest BCUT2D eigenvalue weighted by Gasteiger charge is -2.26. The fraction of sp³-hybridized carbons (Fsp3) is 0.176. The van der Waals surface area contributed by atoms with Crippen LogP contribution in [0.1, 0.15) is 10.4 Å². The number of rotatable bonds is 4. The Morgan fingerprint density at radius 1 is 1.31 bits per heavy atom. The normalized spacial score (nSPS) is 12.8. The zero-order chi connectivity index (χ0) is 18.8. The molecule has 1 aliphatic heterocycles. The first-order chi connectivity index (χ1) is 12.4. The smallest absolute Gasteiger partial charge is 0.311 e. The highest BCUT2D eigenvalue weighted by atomic mass is 16.6. The predicted molar refractivity (Wildman–Crippen MR) is 92.9 cm³/mol. The van der Waals surface area contributed by atoms with Gasteiger partial charge in [0.1, 0.15) is 5.75 Å². The van der Waals surface area contributed by atoms with Crippen molar-refractivity contribution in [1.82, 2.24) is 0 Å². The maximum atomic E-state index is 12.4. The number of carbonyl (C=O) groups is 2. The number of nitrogens with zero attached hydrogens (tertiary/aromatic N) is 2. The van der Waals surface area contributed by atoms with Gasteiger partial charge in [-0.3, -0.25) is 19.7 Å².